The van der Waals surface area contributed by atoms with E-state index in [4.69, 9.17) is 27.9 Å². The predicted molar refractivity (Wildman–Crippen MR) is 110 cm³/mol. The number of hydrogen-bond acceptors (Lipinski definition) is 5. The molecule has 2 aromatic carbocycles. The summed E-state index contributed by atoms with van der Waals surface area (Å²) in [6.07, 6.45) is 1.50. The molecular formula is C19H17Cl2FN2O5S. The van der Waals surface area contributed by atoms with Crippen molar-refractivity contribution in [3.05, 3.63) is 57.8 Å². The lowest BCUT2D eigenvalue weighted by Crippen LogP contribution is -2.28. The monoisotopic (exact) mass is 474 g/mol. The second-order valence-corrected chi connectivity index (χ2v) is 9.25. The topological polar surface area (TPSA) is 92.8 Å². The third-order valence-corrected chi connectivity index (χ3v) is 7.00. The first-order chi connectivity index (χ1) is 14.2. The lowest BCUT2D eigenvalue weighted by atomic mass is 10.2. The van der Waals surface area contributed by atoms with E-state index in [9.17, 15) is 22.4 Å². The fourth-order valence-corrected chi connectivity index (χ4v) is 5.06. The first-order valence-electron chi connectivity index (χ1n) is 8.90. The zero-order valence-electron chi connectivity index (χ0n) is 15.5. The molecule has 0 atom stereocenters. The van der Waals surface area contributed by atoms with E-state index in [-0.39, 0.29) is 26.2 Å². The van der Waals surface area contributed by atoms with Crippen LogP contribution in [0.2, 0.25) is 10.0 Å². The minimum Gasteiger partial charge on any atom is -0.452 e. The number of nitrogens with zero attached hydrogens (tertiary/aromatic N) is 1. The van der Waals surface area contributed by atoms with Gasteiger partial charge in [0.05, 0.1) is 16.3 Å². The second kappa shape index (κ2) is 9.30. The first-order valence-corrected chi connectivity index (χ1v) is 11.1. The van der Waals surface area contributed by atoms with Gasteiger partial charge in [-0.2, -0.15) is 4.31 Å². The van der Waals surface area contributed by atoms with Crippen LogP contribution in [0.3, 0.4) is 0 Å². The quantitative estimate of drug-likeness (QED) is 0.644. The highest BCUT2D eigenvalue weighted by atomic mass is 35.5. The smallest absolute Gasteiger partial charge is 0.338 e. The number of halogens is 3. The van der Waals surface area contributed by atoms with Gasteiger partial charge in [-0.15, -0.1) is 0 Å². The van der Waals surface area contributed by atoms with E-state index in [1.54, 1.807) is 0 Å². The van der Waals surface area contributed by atoms with Crippen LogP contribution in [-0.2, 0) is 19.6 Å². The van der Waals surface area contributed by atoms with Crippen molar-refractivity contribution in [3.8, 4) is 0 Å². The van der Waals surface area contributed by atoms with Gasteiger partial charge in [0.1, 0.15) is 10.7 Å². The van der Waals surface area contributed by atoms with Crippen molar-refractivity contribution in [1.29, 1.82) is 0 Å². The lowest BCUT2D eigenvalue weighted by Gasteiger charge is -2.17. The third-order valence-electron chi connectivity index (χ3n) is 4.39. The van der Waals surface area contributed by atoms with Gasteiger partial charge in [-0.1, -0.05) is 23.2 Å². The summed E-state index contributed by atoms with van der Waals surface area (Å²) in [5.41, 5.74) is -0.200. The fraction of sp³-hybridized carbons (Fsp3) is 0.263. The first kappa shape index (κ1) is 22.5. The Bertz CT molecular complexity index is 1090. The number of anilines is 1. The molecule has 1 fully saturated rings. The molecule has 30 heavy (non-hydrogen) atoms. The van der Waals surface area contributed by atoms with Gasteiger partial charge in [-0.3, -0.25) is 4.79 Å². The Hall–Kier alpha value is -2.20. The van der Waals surface area contributed by atoms with Crippen molar-refractivity contribution < 1.29 is 27.1 Å². The van der Waals surface area contributed by atoms with E-state index in [1.807, 2.05) is 0 Å². The largest absolute Gasteiger partial charge is 0.452 e. The Balaban J connectivity index is 1.67. The van der Waals surface area contributed by atoms with E-state index in [0.29, 0.717) is 13.1 Å². The number of amides is 1. The molecule has 0 unspecified atom stereocenters. The van der Waals surface area contributed by atoms with Gasteiger partial charge in [0.2, 0.25) is 10.0 Å². The molecule has 1 N–H and O–H groups in total. The number of nitrogens with one attached hydrogen (secondary N) is 1. The molecule has 0 bridgehead atoms. The molecule has 1 amide bonds. The van der Waals surface area contributed by atoms with Crippen molar-refractivity contribution in [2.45, 2.75) is 17.7 Å². The molecular weight excluding hydrogens is 458 g/mol. The highest BCUT2D eigenvalue weighted by Crippen LogP contribution is 2.28. The van der Waals surface area contributed by atoms with Crippen molar-refractivity contribution in [1.82, 2.24) is 4.31 Å². The normalized spacial score (nSPS) is 14.5. The molecule has 1 saturated heterocycles. The van der Waals surface area contributed by atoms with Gasteiger partial charge >= 0.3 is 5.97 Å². The van der Waals surface area contributed by atoms with Gasteiger partial charge in [0.15, 0.2) is 6.61 Å². The highest BCUT2D eigenvalue weighted by Gasteiger charge is 2.30. The summed E-state index contributed by atoms with van der Waals surface area (Å²) in [4.78, 5) is 24.0. The molecule has 160 valence electrons. The van der Waals surface area contributed by atoms with Gasteiger partial charge in [-0.25, -0.2) is 17.6 Å². The average Bonchev–Trinajstić information content (AvgIpc) is 3.24. The molecule has 1 aliphatic heterocycles. The number of benzene rings is 2. The van der Waals surface area contributed by atoms with Gasteiger partial charge < -0.3 is 10.1 Å². The van der Waals surface area contributed by atoms with Gasteiger partial charge in [0.25, 0.3) is 5.91 Å². The second-order valence-electron chi connectivity index (χ2n) is 6.50. The number of sulfonamides is 1. The molecule has 2 aromatic rings. The molecule has 3 rings (SSSR count). The summed E-state index contributed by atoms with van der Waals surface area (Å²) in [6.45, 7) is 0.0707. The zero-order valence-corrected chi connectivity index (χ0v) is 17.9. The molecule has 0 spiro atoms. The third kappa shape index (κ3) is 5.10. The molecule has 0 radical (unpaired) electrons. The minimum atomic E-state index is -3.84. The summed E-state index contributed by atoms with van der Waals surface area (Å²) in [6, 6.07) is 7.39. The van der Waals surface area contributed by atoms with Crippen LogP contribution in [-0.4, -0.2) is 44.3 Å². The maximum atomic E-state index is 13.7. The van der Waals surface area contributed by atoms with Gasteiger partial charge in [-0.05, 0) is 49.2 Å². The molecule has 1 aliphatic rings. The molecule has 0 aromatic heterocycles. The summed E-state index contributed by atoms with van der Waals surface area (Å²) < 4.78 is 45.4. The minimum absolute atomic E-state index is 0.0191. The Morgan fingerprint density at radius 3 is 2.47 bits per heavy atom. The Kier molecular flexibility index (Phi) is 6.97. The van der Waals surface area contributed by atoms with Crippen LogP contribution in [0.15, 0.2) is 41.3 Å². The van der Waals surface area contributed by atoms with Crippen LogP contribution < -0.4 is 5.32 Å². The lowest BCUT2D eigenvalue weighted by molar-refractivity contribution is -0.119. The summed E-state index contributed by atoms with van der Waals surface area (Å²) in [7, 11) is -3.84. The van der Waals surface area contributed by atoms with Crippen LogP contribution in [0.4, 0.5) is 10.1 Å². The van der Waals surface area contributed by atoms with Crippen LogP contribution in [0, 0.1) is 5.82 Å². The molecule has 1 heterocycles. The molecule has 7 nitrogen and oxygen atoms in total. The van der Waals surface area contributed by atoms with Crippen molar-refractivity contribution in [2.75, 3.05) is 25.0 Å². The SMILES string of the molecule is O=C(COC(=O)c1ccc(Cl)c(S(=O)(=O)N2CCCC2)c1)Nc1ccc(Cl)cc1F. The summed E-state index contributed by atoms with van der Waals surface area (Å²) >= 11 is 11.7. The van der Waals surface area contributed by atoms with E-state index in [1.165, 1.54) is 28.6 Å². The standard InChI is InChI=1S/C19H17Cl2FN2O5S/c20-13-4-6-16(15(22)10-13)23-18(25)11-29-19(26)12-3-5-14(21)17(9-12)30(27,28)24-7-1-2-8-24/h3-6,9-10H,1-2,7-8,11H2,(H,23,25). The summed E-state index contributed by atoms with van der Waals surface area (Å²) in [5.74, 6) is -2.43. The average molecular weight is 475 g/mol. The van der Waals surface area contributed by atoms with E-state index < -0.39 is 34.3 Å². The van der Waals surface area contributed by atoms with Crippen molar-refractivity contribution in [3.63, 3.8) is 0 Å². The van der Waals surface area contributed by atoms with Crippen LogP contribution in [0.25, 0.3) is 0 Å². The molecule has 11 heteroatoms. The molecule has 0 aliphatic carbocycles. The maximum absolute atomic E-state index is 13.7. The predicted octanol–water partition coefficient (Wildman–Crippen LogP) is 3.71. The number of rotatable bonds is 6. The Labute approximate surface area is 182 Å². The van der Waals surface area contributed by atoms with Crippen LogP contribution in [0.1, 0.15) is 23.2 Å². The Morgan fingerprint density at radius 1 is 1.10 bits per heavy atom. The van der Waals surface area contributed by atoms with Crippen LogP contribution >= 0.6 is 23.2 Å². The van der Waals surface area contributed by atoms with E-state index >= 15 is 0 Å². The number of hydrogen-bond donors (Lipinski definition) is 1. The van der Waals surface area contributed by atoms with Gasteiger partial charge in [0, 0.05) is 18.1 Å². The fourth-order valence-electron chi connectivity index (χ4n) is 2.89. The number of esters is 1. The van der Waals surface area contributed by atoms with Crippen LogP contribution in [0.5, 0.6) is 0 Å². The number of ether oxygens (including phenoxy) is 1. The number of carbonyl (C=O) groups is 2. The van der Waals surface area contributed by atoms with E-state index in [2.05, 4.69) is 5.32 Å². The van der Waals surface area contributed by atoms with Crippen molar-refractivity contribution >= 4 is 50.8 Å². The van der Waals surface area contributed by atoms with E-state index in [0.717, 1.165) is 25.0 Å². The number of carbonyl (C=O) groups excluding carboxylic acids is 2. The molecule has 0 saturated carbocycles. The zero-order chi connectivity index (χ0) is 21.9. The highest BCUT2D eigenvalue weighted by molar-refractivity contribution is 7.89. The summed E-state index contributed by atoms with van der Waals surface area (Å²) in [5, 5.41) is 2.40. The van der Waals surface area contributed by atoms with Crippen molar-refractivity contribution in [2.24, 2.45) is 0 Å². The maximum Gasteiger partial charge on any atom is 0.338 e. The Morgan fingerprint density at radius 2 is 1.80 bits per heavy atom.